The van der Waals surface area contributed by atoms with Crippen molar-refractivity contribution in [1.82, 2.24) is 20.9 Å². The van der Waals surface area contributed by atoms with Gasteiger partial charge >= 0.3 is 5.96 Å². The van der Waals surface area contributed by atoms with Crippen molar-refractivity contribution in [2.45, 2.75) is 63.1 Å². The van der Waals surface area contributed by atoms with Crippen LogP contribution >= 0.6 is 11.6 Å². The fourth-order valence-corrected chi connectivity index (χ4v) is 7.57. The predicted molar refractivity (Wildman–Crippen MR) is 239 cm³/mol. The monoisotopic (exact) mass is 896 g/mol. The molecule has 1 aliphatic rings. The Morgan fingerprint density at radius 1 is 0.750 bits per heavy atom. The van der Waals surface area contributed by atoms with Crippen molar-refractivity contribution in [3.8, 4) is 0 Å². The van der Waals surface area contributed by atoms with Crippen molar-refractivity contribution >= 4 is 58.8 Å². The zero-order chi connectivity index (χ0) is 46.0. The molecular formula is C48H53ClF2N7O6+. The van der Waals surface area contributed by atoms with Crippen LogP contribution in [0, 0.1) is 17.6 Å². The van der Waals surface area contributed by atoms with E-state index in [0.717, 1.165) is 0 Å². The zero-order valence-electron chi connectivity index (χ0n) is 35.2. The van der Waals surface area contributed by atoms with Gasteiger partial charge in [0.25, 0.3) is 0 Å². The predicted octanol–water partition coefficient (Wildman–Crippen LogP) is 2.28. The van der Waals surface area contributed by atoms with Crippen LogP contribution in [0.25, 0.3) is 6.08 Å². The Hall–Kier alpha value is -6.74. The molecule has 4 amide bonds. The van der Waals surface area contributed by atoms with Gasteiger partial charge in [0.2, 0.25) is 23.6 Å². The first-order valence-corrected chi connectivity index (χ1v) is 21.5. The van der Waals surface area contributed by atoms with Gasteiger partial charge in [0.1, 0.15) is 23.7 Å². The number of rotatable bonds is 21. The Kier molecular flexibility index (Phi) is 18.3. The van der Waals surface area contributed by atoms with Gasteiger partial charge in [-0.05, 0) is 54.2 Å². The van der Waals surface area contributed by atoms with Gasteiger partial charge in [-0.1, -0.05) is 97.1 Å². The first-order valence-electron chi connectivity index (χ1n) is 21.0. The van der Waals surface area contributed by atoms with Gasteiger partial charge in [0.15, 0.2) is 11.6 Å². The number of halogens is 3. The summed E-state index contributed by atoms with van der Waals surface area (Å²) in [5.41, 5.74) is 13.0. The average Bonchev–Trinajstić information content (AvgIpc) is 3.29. The summed E-state index contributed by atoms with van der Waals surface area (Å²) in [6.45, 7) is 0.129. The normalized spacial score (nSPS) is 15.7. The van der Waals surface area contributed by atoms with E-state index in [1.165, 1.54) is 41.3 Å². The summed E-state index contributed by atoms with van der Waals surface area (Å²) < 4.78 is 29.4. The van der Waals surface area contributed by atoms with Gasteiger partial charge in [-0.2, -0.15) is 0 Å². The smallest absolute Gasteiger partial charge is 0.338 e. The Morgan fingerprint density at radius 2 is 1.31 bits per heavy atom. The summed E-state index contributed by atoms with van der Waals surface area (Å²) in [4.78, 5) is 86.2. The van der Waals surface area contributed by atoms with Crippen molar-refractivity contribution in [1.29, 1.82) is 0 Å². The van der Waals surface area contributed by atoms with Crippen LogP contribution in [0.5, 0.6) is 0 Å². The number of likely N-dealkylation sites (tertiary alicyclic amines) is 1. The lowest BCUT2D eigenvalue weighted by Crippen LogP contribution is -2.78. The van der Waals surface area contributed by atoms with E-state index in [-0.39, 0.29) is 85.9 Å². The molecule has 1 saturated heterocycles. The SMILES string of the molecule is NC(N)=[NH+]CCC[C@H](NC(=O)C(Cc1ccccc1)NC(=O)[C@@H](Cc1ccccc1)NC(=O)CCC(=O)N1C/C(=C\c2ccccc2F)C(=O)C(Cc2ccccc2F)C1)C(=O)CCl. The quantitative estimate of drug-likeness (QED) is 0.0240. The molecule has 16 heteroatoms. The van der Waals surface area contributed by atoms with Crippen LogP contribution in [0.4, 0.5) is 8.78 Å². The number of guanidine groups is 1. The highest BCUT2D eigenvalue weighted by Crippen LogP contribution is 2.26. The number of hydrogen-bond acceptors (Lipinski definition) is 6. The molecular weight excluding hydrogens is 844 g/mol. The van der Waals surface area contributed by atoms with E-state index in [0.29, 0.717) is 24.1 Å². The van der Waals surface area contributed by atoms with Crippen molar-refractivity contribution in [2.75, 3.05) is 25.5 Å². The highest BCUT2D eigenvalue weighted by atomic mass is 35.5. The van der Waals surface area contributed by atoms with E-state index in [2.05, 4.69) is 20.9 Å². The van der Waals surface area contributed by atoms with E-state index in [1.54, 1.807) is 78.9 Å². The maximum Gasteiger partial charge on any atom is 0.338 e. The number of nitrogens with two attached hydrogens (primary N) is 2. The fraction of sp³-hybridized carbons (Fsp3) is 0.312. The lowest BCUT2D eigenvalue weighted by atomic mass is 9.86. The minimum Gasteiger partial charge on any atom is -0.344 e. The average molecular weight is 897 g/mol. The number of alkyl halides is 1. The molecule has 0 radical (unpaired) electrons. The fourth-order valence-electron chi connectivity index (χ4n) is 7.39. The summed E-state index contributed by atoms with van der Waals surface area (Å²) in [6, 6.07) is 26.4. The van der Waals surface area contributed by atoms with E-state index >= 15 is 0 Å². The van der Waals surface area contributed by atoms with Crippen molar-refractivity contribution in [3.05, 3.63) is 149 Å². The molecule has 1 heterocycles. The summed E-state index contributed by atoms with van der Waals surface area (Å²) in [7, 11) is 0. The molecule has 0 saturated carbocycles. The Balaban J connectivity index is 1.31. The summed E-state index contributed by atoms with van der Waals surface area (Å²) in [6.07, 6.45) is 1.43. The standard InChI is InChI=1S/C48H52ClF2N7O6/c49-28-42(59)39(20-11-23-54-48(52)53)56-47(64)41(25-32-14-5-2-6-15-32)57-46(63)40(24-31-12-3-1-4-13-31)55-43(60)21-22-44(61)58-29-35(26-33-16-7-9-18-37(33)50)45(62)36(30-58)27-34-17-8-10-19-38(34)51/h1-10,12-19,26,36,39-41H,11,20-25,27-30H2,(H,55,60)(H,56,64)(H,57,63)(H4,52,53,54)/p+1/b35-26+/t36?,39-,40+,41?/m0/s1. The lowest BCUT2D eigenvalue weighted by molar-refractivity contribution is -0.459. The van der Waals surface area contributed by atoms with Gasteiger partial charge in [-0.3, -0.25) is 45.2 Å². The maximum absolute atomic E-state index is 14.7. The zero-order valence-corrected chi connectivity index (χ0v) is 36.0. The van der Waals surface area contributed by atoms with E-state index < -0.39 is 65.1 Å². The second kappa shape index (κ2) is 24.2. The van der Waals surface area contributed by atoms with E-state index in [9.17, 15) is 37.5 Å². The molecule has 0 aliphatic carbocycles. The molecule has 8 N–H and O–H groups in total. The number of hydrogen-bond donors (Lipinski definition) is 6. The number of piperidine rings is 1. The number of amides is 4. The molecule has 4 aromatic carbocycles. The third-order valence-electron chi connectivity index (χ3n) is 10.8. The summed E-state index contributed by atoms with van der Waals surface area (Å²) >= 11 is 5.90. The summed E-state index contributed by atoms with van der Waals surface area (Å²) in [5.74, 6) is -5.47. The molecule has 4 aromatic rings. The third-order valence-corrected chi connectivity index (χ3v) is 11.0. The summed E-state index contributed by atoms with van der Waals surface area (Å²) in [5, 5.41) is 8.27. The molecule has 1 fully saturated rings. The first kappa shape index (κ1) is 48.3. The molecule has 0 aromatic heterocycles. The number of benzene rings is 4. The number of carbonyl (C=O) groups is 6. The molecule has 4 atom stereocenters. The highest BCUT2D eigenvalue weighted by Gasteiger charge is 2.35. The van der Waals surface area contributed by atoms with Crippen molar-refractivity contribution in [2.24, 2.45) is 17.4 Å². The van der Waals surface area contributed by atoms with Gasteiger partial charge in [0.05, 0.1) is 18.5 Å². The van der Waals surface area contributed by atoms with Crippen LogP contribution in [0.2, 0.25) is 0 Å². The number of Topliss-reactive ketones (excluding diaryl/α,β-unsaturated/α-hetero) is 2. The lowest BCUT2D eigenvalue weighted by Gasteiger charge is -2.34. The van der Waals surface area contributed by atoms with Crippen molar-refractivity contribution < 1.29 is 42.5 Å². The molecule has 5 rings (SSSR count). The van der Waals surface area contributed by atoms with Crippen LogP contribution in [-0.2, 0) is 48.0 Å². The molecule has 64 heavy (non-hydrogen) atoms. The maximum atomic E-state index is 14.7. The second-order valence-corrected chi connectivity index (χ2v) is 15.8. The Labute approximate surface area is 375 Å². The molecule has 0 bridgehead atoms. The molecule has 13 nitrogen and oxygen atoms in total. The number of carbonyl (C=O) groups excluding carboxylic acids is 6. The van der Waals surface area contributed by atoms with Crippen LogP contribution in [0.15, 0.2) is 115 Å². The van der Waals surface area contributed by atoms with Gasteiger partial charge in [0, 0.05) is 55.8 Å². The van der Waals surface area contributed by atoms with Crippen LogP contribution in [0.3, 0.4) is 0 Å². The second-order valence-electron chi connectivity index (χ2n) is 15.6. The Morgan fingerprint density at radius 3 is 1.91 bits per heavy atom. The largest absolute Gasteiger partial charge is 0.344 e. The van der Waals surface area contributed by atoms with Gasteiger partial charge < -0.3 is 20.9 Å². The van der Waals surface area contributed by atoms with Crippen LogP contribution in [0.1, 0.15) is 47.9 Å². The van der Waals surface area contributed by atoms with E-state index in [1.807, 2.05) is 0 Å². The van der Waals surface area contributed by atoms with Crippen molar-refractivity contribution in [3.63, 3.8) is 0 Å². The van der Waals surface area contributed by atoms with Gasteiger partial charge in [-0.25, -0.2) is 8.78 Å². The molecule has 1 aliphatic heterocycles. The van der Waals surface area contributed by atoms with E-state index in [4.69, 9.17) is 23.1 Å². The first-order chi connectivity index (χ1) is 30.8. The van der Waals surface area contributed by atoms with Crippen LogP contribution in [-0.4, -0.2) is 89.7 Å². The molecule has 0 spiro atoms. The molecule has 336 valence electrons. The number of nitrogens with zero attached hydrogens (tertiary/aromatic N) is 1. The topological polar surface area (TPSA) is 208 Å². The number of ketones is 2. The minimum atomic E-state index is -1.20. The Bertz CT molecular complexity index is 2330. The van der Waals surface area contributed by atoms with Gasteiger partial charge in [-0.15, -0.1) is 11.6 Å². The minimum absolute atomic E-state index is 0.00564. The molecule has 2 unspecified atom stereocenters. The number of nitrogens with one attached hydrogen (secondary N) is 4. The third kappa shape index (κ3) is 14.7. The van der Waals surface area contributed by atoms with Crippen LogP contribution < -0.4 is 32.4 Å². The highest BCUT2D eigenvalue weighted by molar-refractivity contribution is 6.28.